The van der Waals surface area contributed by atoms with Crippen molar-refractivity contribution >= 4 is 21.6 Å². The van der Waals surface area contributed by atoms with E-state index in [9.17, 15) is 8.42 Å². The van der Waals surface area contributed by atoms with Gasteiger partial charge in [-0.05, 0) is 11.8 Å². The van der Waals surface area contributed by atoms with E-state index in [0.717, 1.165) is 19.6 Å². The Morgan fingerprint density at radius 3 is 2.11 bits per heavy atom. The van der Waals surface area contributed by atoms with Crippen molar-refractivity contribution in [2.45, 2.75) is 27.2 Å². The van der Waals surface area contributed by atoms with Crippen LogP contribution in [0, 0.1) is 5.41 Å². The normalized spacial score (nSPS) is 20.2. The molecule has 108 valence electrons. The topological polar surface area (TPSA) is 40.6 Å². The Hall–Kier alpha value is 0.160. The van der Waals surface area contributed by atoms with Gasteiger partial charge in [-0.15, -0.1) is 11.6 Å². The third-order valence-corrected chi connectivity index (χ3v) is 5.28. The van der Waals surface area contributed by atoms with Crippen molar-refractivity contribution in [3.05, 3.63) is 0 Å². The summed E-state index contributed by atoms with van der Waals surface area (Å²) in [5, 5.41) is 0. The standard InChI is InChI=1S/C12H25ClN2O2S/c1-12(2,3)4-11-18(16,17)15-9-7-14(6-5-13)8-10-15/h4-11H2,1-3H3. The van der Waals surface area contributed by atoms with Crippen LogP contribution in [0.4, 0.5) is 0 Å². The van der Waals surface area contributed by atoms with Crippen molar-refractivity contribution < 1.29 is 8.42 Å². The molecular weight excluding hydrogens is 272 g/mol. The second-order valence-corrected chi connectivity index (χ2v) is 8.52. The van der Waals surface area contributed by atoms with Crippen LogP contribution in [0.3, 0.4) is 0 Å². The first-order valence-electron chi connectivity index (χ1n) is 6.51. The Kier molecular flexibility index (Phi) is 5.90. The summed E-state index contributed by atoms with van der Waals surface area (Å²) in [6.45, 7) is 9.84. The van der Waals surface area contributed by atoms with E-state index in [1.165, 1.54) is 0 Å². The van der Waals surface area contributed by atoms with Crippen molar-refractivity contribution in [2.75, 3.05) is 44.4 Å². The Bertz CT molecular complexity index is 344. The highest BCUT2D eigenvalue weighted by molar-refractivity contribution is 7.89. The molecule has 1 heterocycles. The highest BCUT2D eigenvalue weighted by Gasteiger charge is 2.27. The Morgan fingerprint density at radius 2 is 1.67 bits per heavy atom. The van der Waals surface area contributed by atoms with Crippen LogP contribution in [-0.4, -0.2) is 62.0 Å². The molecule has 1 aliphatic rings. The summed E-state index contributed by atoms with van der Waals surface area (Å²) >= 11 is 5.69. The molecule has 1 saturated heterocycles. The average Bonchev–Trinajstić information content (AvgIpc) is 2.27. The van der Waals surface area contributed by atoms with Crippen molar-refractivity contribution in [1.82, 2.24) is 9.21 Å². The lowest BCUT2D eigenvalue weighted by Gasteiger charge is -2.34. The molecule has 0 unspecified atom stereocenters. The van der Waals surface area contributed by atoms with Crippen LogP contribution >= 0.6 is 11.6 Å². The number of alkyl halides is 1. The van der Waals surface area contributed by atoms with Crippen LogP contribution in [-0.2, 0) is 10.0 Å². The molecule has 0 radical (unpaired) electrons. The molecule has 18 heavy (non-hydrogen) atoms. The zero-order chi connectivity index (χ0) is 13.8. The van der Waals surface area contributed by atoms with Gasteiger partial charge < -0.3 is 0 Å². The molecule has 1 aliphatic heterocycles. The van der Waals surface area contributed by atoms with Crippen LogP contribution in [0.1, 0.15) is 27.2 Å². The number of hydrogen-bond donors (Lipinski definition) is 0. The van der Waals surface area contributed by atoms with Crippen LogP contribution in [0.25, 0.3) is 0 Å². The molecule has 0 aliphatic carbocycles. The van der Waals surface area contributed by atoms with Gasteiger partial charge in [-0.1, -0.05) is 20.8 Å². The fourth-order valence-electron chi connectivity index (χ4n) is 1.92. The van der Waals surface area contributed by atoms with Crippen molar-refractivity contribution in [2.24, 2.45) is 5.41 Å². The molecule has 0 aromatic rings. The van der Waals surface area contributed by atoms with E-state index in [1.54, 1.807) is 4.31 Å². The van der Waals surface area contributed by atoms with Gasteiger partial charge >= 0.3 is 0 Å². The number of hydrogen-bond acceptors (Lipinski definition) is 3. The maximum atomic E-state index is 12.2. The third-order valence-electron chi connectivity index (χ3n) is 3.24. The van der Waals surface area contributed by atoms with E-state index in [2.05, 4.69) is 25.7 Å². The molecule has 0 saturated carbocycles. The number of rotatable bonds is 5. The number of nitrogens with zero attached hydrogens (tertiary/aromatic N) is 2. The van der Waals surface area contributed by atoms with Gasteiger partial charge in [-0.3, -0.25) is 4.90 Å². The SMILES string of the molecule is CC(C)(C)CCS(=O)(=O)N1CCN(CCCl)CC1. The molecule has 4 nitrogen and oxygen atoms in total. The molecule has 0 aromatic heterocycles. The Labute approximate surface area is 116 Å². The zero-order valence-electron chi connectivity index (χ0n) is 11.7. The van der Waals surface area contributed by atoms with Crippen molar-refractivity contribution in [1.29, 1.82) is 0 Å². The van der Waals surface area contributed by atoms with E-state index in [1.807, 2.05) is 0 Å². The summed E-state index contributed by atoms with van der Waals surface area (Å²) in [5.41, 5.74) is 0.0630. The molecule has 0 spiro atoms. The number of sulfonamides is 1. The average molecular weight is 297 g/mol. The lowest BCUT2D eigenvalue weighted by molar-refractivity contribution is 0.197. The summed E-state index contributed by atoms with van der Waals surface area (Å²) in [6, 6.07) is 0. The van der Waals surface area contributed by atoms with Crippen LogP contribution in [0.5, 0.6) is 0 Å². The summed E-state index contributed by atoms with van der Waals surface area (Å²) in [4.78, 5) is 2.21. The van der Waals surface area contributed by atoms with Gasteiger partial charge in [0, 0.05) is 38.6 Å². The van der Waals surface area contributed by atoms with Gasteiger partial charge in [-0.25, -0.2) is 8.42 Å². The van der Waals surface area contributed by atoms with E-state index in [4.69, 9.17) is 11.6 Å². The van der Waals surface area contributed by atoms with Crippen molar-refractivity contribution in [3.63, 3.8) is 0 Å². The lowest BCUT2D eigenvalue weighted by Crippen LogP contribution is -2.49. The molecule has 1 fully saturated rings. The first-order valence-corrected chi connectivity index (χ1v) is 8.65. The predicted octanol–water partition coefficient (Wildman–Crippen LogP) is 1.61. The minimum absolute atomic E-state index is 0.0630. The Morgan fingerprint density at radius 1 is 1.11 bits per heavy atom. The first-order chi connectivity index (χ1) is 8.24. The summed E-state index contributed by atoms with van der Waals surface area (Å²) < 4.78 is 26.0. The predicted molar refractivity (Wildman–Crippen MR) is 76.6 cm³/mol. The second-order valence-electron chi connectivity index (χ2n) is 6.06. The molecule has 0 amide bonds. The molecule has 6 heteroatoms. The highest BCUT2D eigenvalue weighted by Crippen LogP contribution is 2.20. The first kappa shape index (κ1) is 16.2. The van der Waals surface area contributed by atoms with Gasteiger partial charge in [-0.2, -0.15) is 4.31 Å². The molecule has 0 bridgehead atoms. The van der Waals surface area contributed by atoms with E-state index >= 15 is 0 Å². The summed E-state index contributed by atoms with van der Waals surface area (Å²) in [6.07, 6.45) is 0.706. The lowest BCUT2D eigenvalue weighted by atomic mass is 9.94. The monoisotopic (exact) mass is 296 g/mol. The Balaban J connectivity index is 2.45. The fourth-order valence-corrected chi connectivity index (χ4v) is 4.00. The van der Waals surface area contributed by atoms with E-state index < -0.39 is 10.0 Å². The van der Waals surface area contributed by atoms with Gasteiger partial charge in [0.2, 0.25) is 10.0 Å². The van der Waals surface area contributed by atoms with E-state index in [0.29, 0.717) is 25.4 Å². The third kappa shape index (κ3) is 5.43. The van der Waals surface area contributed by atoms with Gasteiger partial charge in [0.1, 0.15) is 0 Å². The quantitative estimate of drug-likeness (QED) is 0.724. The summed E-state index contributed by atoms with van der Waals surface area (Å²) in [5.74, 6) is 0.864. The maximum Gasteiger partial charge on any atom is 0.214 e. The van der Waals surface area contributed by atoms with Gasteiger partial charge in [0.05, 0.1) is 5.75 Å². The maximum absolute atomic E-state index is 12.2. The minimum atomic E-state index is -3.08. The second kappa shape index (κ2) is 6.55. The van der Waals surface area contributed by atoms with Crippen LogP contribution in [0.15, 0.2) is 0 Å². The van der Waals surface area contributed by atoms with Crippen LogP contribution < -0.4 is 0 Å². The van der Waals surface area contributed by atoms with Gasteiger partial charge in [0.25, 0.3) is 0 Å². The van der Waals surface area contributed by atoms with E-state index in [-0.39, 0.29) is 11.2 Å². The minimum Gasteiger partial charge on any atom is -0.300 e. The number of halogens is 1. The molecule has 0 atom stereocenters. The molecule has 0 N–H and O–H groups in total. The number of piperazine rings is 1. The largest absolute Gasteiger partial charge is 0.300 e. The van der Waals surface area contributed by atoms with Crippen molar-refractivity contribution in [3.8, 4) is 0 Å². The van der Waals surface area contributed by atoms with Gasteiger partial charge in [0.15, 0.2) is 0 Å². The zero-order valence-corrected chi connectivity index (χ0v) is 13.2. The highest BCUT2D eigenvalue weighted by atomic mass is 35.5. The molecular formula is C12H25ClN2O2S. The summed E-state index contributed by atoms with van der Waals surface area (Å²) in [7, 11) is -3.08. The molecule has 1 rings (SSSR count). The molecule has 0 aromatic carbocycles. The van der Waals surface area contributed by atoms with Crippen LogP contribution in [0.2, 0.25) is 0 Å². The smallest absolute Gasteiger partial charge is 0.214 e. The fraction of sp³-hybridized carbons (Fsp3) is 1.00.